The molecule has 0 heterocycles. The minimum absolute atomic E-state index is 0.0233. The molecule has 2 aromatic rings. The van der Waals surface area contributed by atoms with E-state index in [1.54, 1.807) is 0 Å². The molecule has 4 N–H and O–H groups in total. The summed E-state index contributed by atoms with van der Waals surface area (Å²) in [5.41, 5.74) is 6.28. The summed E-state index contributed by atoms with van der Waals surface area (Å²) in [5.74, 6) is -0.282. The molecule has 0 fully saturated rings. The monoisotopic (exact) mass is 306 g/mol. The molecule has 0 amide bonds. The van der Waals surface area contributed by atoms with E-state index in [1.165, 1.54) is 49.4 Å². The van der Waals surface area contributed by atoms with E-state index in [1.807, 2.05) is 0 Å². The number of sulfonamides is 1. The molecule has 2 rings (SSSR count). The topological polar surface area (TPSA) is 109 Å². The minimum atomic E-state index is -3.81. The molecule has 6 nitrogen and oxygen atoms in total. The van der Waals surface area contributed by atoms with E-state index in [4.69, 9.17) is 5.73 Å². The van der Waals surface area contributed by atoms with Crippen LogP contribution in [-0.2, 0) is 10.0 Å². The average molecular weight is 306 g/mol. The predicted molar refractivity (Wildman–Crippen MR) is 79.8 cm³/mol. The molecular formula is C14H14N2O4S. The Morgan fingerprint density at radius 3 is 2.29 bits per heavy atom. The summed E-state index contributed by atoms with van der Waals surface area (Å²) in [6.45, 7) is 1.43. The molecule has 0 spiro atoms. The number of benzene rings is 2. The van der Waals surface area contributed by atoms with Crippen LogP contribution in [0.25, 0.3) is 0 Å². The molecule has 0 bridgehead atoms. The number of Topliss-reactive ketones (excluding diaryl/α,β-unsaturated/α-hetero) is 1. The maximum absolute atomic E-state index is 12.2. The van der Waals surface area contributed by atoms with Gasteiger partial charge >= 0.3 is 0 Å². The highest BCUT2D eigenvalue weighted by Crippen LogP contribution is 2.24. The number of nitrogens with one attached hydrogen (secondary N) is 1. The van der Waals surface area contributed by atoms with Crippen LogP contribution < -0.4 is 10.5 Å². The van der Waals surface area contributed by atoms with Crippen LogP contribution in [0.4, 0.5) is 11.4 Å². The molecule has 0 unspecified atom stereocenters. The summed E-state index contributed by atoms with van der Waals surface area (Å²) in [5, 5.41) is 9.31. The fourth-order valence-electron chi connectivity index (χ4n) is 1.69. The van der Waals surface area contributed by atoms with Gasteiger partial charge in [-0.3, -0.25) is 9.52 Å². The standard InChI is InChI=1S/C14H14N2O4S/c1-9(17)10-2-4-11(5-3-10)16-21(19,20)12-6-7-14(18)13(15)8-12/h2-8,16,18H,15H2,1H3. The van der Waals surface area contributed by atoms with E-state index in [0.29, 0.717) is 11.3 Å². The van der Waals surface area contributed by atoms with Gasteiger partial charge in [0.25, 0.3) is 10.0 Å². The summed E-state index contributed by atoms with van der Waals surface area (Å²) in [7, 11) is -3.81. The van der Waals surface area contributed by atoms with Crippen molar-refractivity contribution < 1.29 is 18.3 Å². The number of hydrogen-bond acceptors (Lipinski definition) is 5. The maximum atomic E-state index is 12.2. The van der Waals surface area contributed by atoms with E-state index < -0.39 is 10.0 Å². The number of nitrogen functional groups attached to an aromatic ring is 1. The number of phenols is 1. The summed E-state index contributed by atoms with van der Waals surface area (Å²) < 4.78 is 26.7. The quantitative estimate of drug-likeness (QED) is 0.454. The number of carbonyl (C=O) groups is 1. The van der Waals surface area contributed by atoms with Gasteiger partial charge in [-0.05, 0) is 49.4 Å². The second-order valence-electron chi connectivity index (χ2n) is 4.46. The fourth-order valence-corrected chi connectivity index (χ4v) is 2.78. The molecule has 110 valence electrons. The Bertz CT molecular complexity index is 783. The number of anilines is 2. The van der Waals surface area contributed by atoms with Gasteiger partial charge in [-0.15, -0.1) is 0 Å². The molecule has 21 heavy (non-hydrogen) atoms. The number of rotatable bonds is 4. The number of phenolic OH excluding ortho intramolecular Hbond substituents is 1. The zero-order chi connectivity index (χ0) is 15.6. The van der Waals surface area contributed by atoms with Crippen molar-refractivity contribution in [3.8, 4) is 5.75 Å². The van der Waals surface area contributed by atoms with E-state index in [-0.39, 0.29) is 22.1 Å². The van der Waals surface area contributed by atoms with Gasteiger partial charge in [0, 0.05) is 11.3 Å². The first-order valence-electron chi connectivity index (χ1n) is 6.02. The van der Waals surface area contributed by atoms with Gasteiger partial charge in [-0.2, -0.15) is 0 Å². The van der Waals surface area contributed by atoms with E-state index in [2.05, 4.69) is 4.72 Å². The van der Waals surface area contributed by atoms with Crippen LogP contribution >= 0.6 is 0 Å². The molecule has 0 saturated carbocycles. The SMILES string of the molecule is CC(=O)c1ccc(NS(=O)(=O)c2ccc(O)c(N)c2)cc1. The average Bonchev–Trinajstić information content (AvgIpc) is 2.42. The van der Waals surface area contributed by atoms with Gasteiger partial charge in [0.2, 0.25) is 0 Å². The molecule has 0 saturated heterocycles. The molecule has 7 heteroatoms. The van der Waals surface area contributed by atoms with E-state index >= 15 is 0 Å². The lowest BCUT2D eigenvalue weighted by Gasteiger charge is -2.09. The molecule has 0 aromatic heterocycles. The molecule has 2 aromatic carbocycles. The highest BCUT2D eigenvalue weighted by Gasteiger charge is 2.15. The third kappa shape index (κ3) is 3.32. The number of ketones is 1. The van der Waals surface area contributed by atoms with Crippen molar-refractivity contribution in [3.63, 3.8) is 0 Å². The Labute approximate surface area is 122 Å². The lowest BCUT2D eigenvalue weighted by Crippen LogP contribution is -2.13. The van der Waals surface area contributed by atoms with E-state index in [9.17, 15) is 18.3 Å². The third-order valence-corrected chi connectivity index (χ3v) is 4.23. The van der Waals surface area contributed by atoms with Crippen LogP contribution in [0.2, 0.25) is 0 Å². The number of aromatic hydroxyl groups is 1. The Kier molecular flexibility index (Phi) is 3.86. The molecular weight excluding hydrogens is 292 g/mol. The van der Waals surface area contributed by atoms with Crippen LogP contribution in [-0.4, -0.2) is 19.3 Å². The maximum Gasteiger partial charge on any atom is 0.261 e. The summed E-state index contributed by atoms with van der Waals surface area (Å²) >= 11 is 0. The molecule has 0 aliphatic heterocycles. The molecule has 0 aliphatic rings. The van der Waals surface area contributed by atoms with Crippen LogP contribution in [0.5, 0.6) is 5.75 Å². The Hall–Kier alpha value is -2.54. The Morgan fingerprint density at radius 1 is 1.14 bits per heavy atom. The first-order chi connectivity index (χ1) is 9.79. The Morgan fingerprint density at radius 2 is 1.76 bits per heavy atom. The first kappa shape index (κ1) is 14.9. The normalized spacial score (nSPS) is 11.1. The highest BCUT2D eigenvalue weighted by molar-refractivity contribution is 7.92. The van der Waals surface area contributed by atoms with Gasteiger partial charge in [0.1, 0.15) is 5.75 Å². The Balaban J connectivity index is 2.28. The fraction of sp³-hybridized carbons (Fsp3) is 0.0714. The van der Waals surface area contributed by atoms with Crippen LogP contribution in [0.3, 0.4) is 0 Å². The van der Waals surface area contributed by atoms with Gasteiger partial charge in [-0.1, -0.05) is 0 Å². The summed E-state index contributed by atoms with van der Waals surface area (Å²) in [6, 6.07) is 9.69. The predicted octanol–water partition coefficient (Wildman–Crippen LogP) is 1.98. The summed E-state index contributed by atoms with van der Waals surface area (Å²) in [6.07, 6.45) is 0. The van der Waals surface area contributed by atoms with Crippen molar-refractivity contribution in [1.82, 2.24) is 0 Å². The summed E-state index contributed by atoms with van der Waals surface area (Å²) in [4.78, 5) is 11.1. The van der Waals surface area contributed by atoms with Gasteiger partial charge in [0.15, 0.2) is 5.78 Å². The second kappa shape index (κ2) is 5.45. The zero-order valence-electron chi connectivity index (χ0n) is 11.2. The first-order valence-corrected chi connectivity index (χ1v) is 7.50. The van der Waals surface area contributed by atoms with Crippen molar-refractivity contribution in [2.75, 3.05) is 10.5 Å². The van der Waals surface area contributed by atoms with Crippen molar-refractivity contribution in [2.45, 2.75) is 11.8 Å². The van der Waals surface area contributed by atoms with Crippen molar-refractivity contribution >= 4 is 27.2 Å². The highest BCUT2D eigenvalue weighted by atomic mass is 32.2. The number of nitrogens with two attached hydrogens (primary N) is 1. The lowest BCUT2D eigenvalue weighted by molar-refractivity contribution is 0.101. The lowest BCUT2D eigenvalue weighted by atomic mass is 10.1. The van der Waals surface area contributed by atoms with Crippen LogP contribution in [0, 0.1) is 0 Å². The largest absolute Gasteiger partial charge is 0.506 e. The second-order valence-corrected chi connectivity index (χ2v) is 6.14. The van der Waals surface area contributed by atoms with E-state index in [0.717, 1.165) is 0 Å². The molecule has 0 atom stereocenters. The molecule has 0 aliphatic carbocycles. The zero-order valence-corrected chi connectivity index (χ0v) is 12.0. The number of carbonyl (C=O) groups excluding carboxylic acids is 1. The van der Waals surface area contributed by atoms with Gasteiger partial charge in [-0.25, -0.2) is 8.42 Å². The molecule has 0 radical (unpaired) electrons. The third-order valence-electron chi connectivity index (χ3n) is 2.85. The van der Waals surface area contributed by atoms with Crippen LogP contribution in [0.15, 0.2) is 47.4 Å². The smallest absolute Gasteiger partial charge is 0.261 e. The number of hydrogen-bond donors (Lipinski definition) is 3. The van der Waals surface area contributed by atoms with Crippen LogP contribution in [0.1, 0.15) is 17.3 Å². The van der Waals surface area contributed by atoms with Crippen molar-refractivity contribution in [1.29, 1.82) is 0 Å². The minimum Gasteiger partial charge on any atom is -0.506 e. The van der Waals surface area contributed by atoms with Crippen molar-refractivity contribution in [3.05, 3.63) is 48.0 Å². The van der Waals surface area contributed by atoms with Gasteiger partial charge < -0.3 is 10.8 Å². The van der Waals surface area contributed by atoms with Gasteiger partial charge in [0.05, 0.1) is 10.6 Å². The van der Waals surface area contributed by atoms with Crippen molar-refractivity contribution in [2.24, 2.45) is 0 Å².